The Morgan fingerprint density at radius 3 is 2.81 bits per heavy atom. The third-order valence-corrected chi connectivity index (χ3v) is 3.51. The first-order chi connectivity index (χ1) is 10.1. The van der Waals surface area contributed by atoms with Crippen LogP contribution in [0.25, 0.3) is 11.0 Å². The molecule has 0 saturated carbocycles. The molecule has 106 valence electrons. The molecule has 3 rings (SSSR count). The number of aromatic nitrogens is 2. The maximum absolute atomic E-state index is 12.4. The van der Waals surface area contributed by atoms with Gasteiger partial charge in [-0.3, -0.25) is 4.79 Å². The number of nitrogens with one attached hydrogen (secondary N) is 2. The van der Waals surface area contributed by atoms with E-state index in [0.29, 0.717) is 11.5 Å². The van der Waals surface area contributed by atoms with E-state index in [1.165, 1.54) is 0 Å². The van der Waals surface area contributed by atoms with E-state index in [9.17, 15) is 4.79 Å². The Hall–Kier alpha value is -2.62. The van der Waals surface area contributed by atoms with Crippen molar-refractivity contribution in [1.29, 1.82) is 0 Å². The predicted molar refractivity (Wildman–Crippen MR) is 84.6 cm³/mol. The Kier molecular flexibility index (Phi) is 3.44. The molecule has 0 aliphatic rings. The fourth-order valence-corrected chi connectivity index (χ4v) is 2.39. The smallest absolute Gasteiger partial charge is 0.255 e. The number of nitrogens with zero attached hydrogens (tertiary/aromatic N) is 1. The molecule has 0 fully saturated rings. The fraction of sp³-hybridized carbons (Fsp3) is 0.176. The molecule has 1 heterocycles. The van der Waals surface area contributed by atoms with Crippen LogP contribution in [-0.4, -0.2) is 15.9 Å². The molecule has 3 aromatic rings. The number of carbonyl (C=O) groups excluding carboxylic acids is 1. The van der Waals surface area contributed by atoms with E-state index in [0.717, 1.165) is 22.3 Å². The average molecular weight is 279 g/mol. The van der Waals surface area contributed by atoms with Crippen molar-refractivity contribution >= 4 is 22.6 Å². The number of H-pyrrole nitrogens is 1. The second-order valence-electron chi connectivity index (χ2n) is 5.33. The second-order valence-corrected chi connectivity index (χ2v) is 5.33. The molecule has 0 radical (unpaired) electrons. The van der Waals surface area contributed by atoms with Gasteiger partial charge in [0.05, 0.1) is 17.4 Å². The Morgan fingerprint density at radius 1 is 1.19 bits per heavy atom. The van der Waals surface area contributed by atoms with E-state index in [2.05, 4.69) is 29.1 Å². The summed E-state index contributed by atoms with van der Waals surface area (Å²) in [6.45, 7) is 4.23. The minimum atomic E-state index is -0.111. The summed E-state index contributed by atoms with van der Waals surface area (Å²) in [5, 5.41) is 2.99. The molecule has 0 aliphatic heterocycles. The van der Waals surface area contributed by atoms with Crippen molar-refractivity contribution in [3.63, 3.8) is 0 Å². The van der Waals surface area contributed by atoms with Crippen molar-refractivity contribution < 1.29 is 4.79 Å². The molecule has 0 aliphatic carbocycles. The highest BCUT2D eigenvalue weighted by Gasteiger charge is 2.11. The van der Waals surface area contributed by atoms with E-state index in [1.807, 2.05) is 36.4 Å². The summed E-state index contributed by atoms with van der Waals surface area (Å²) in [5.41, 5.74) is 4.33. The number of hydrogen-bond acceptors (Lipinski definition) is 2. The number of carbonyl (C=O) groups is 1. The van der Waals surface area contributed by atoms with E-state index in [-0.39, 0.29) is 5.91 Å². The van der Waals surface area contributed by atoms with Crippen molar-refractivity contribution in [2.24, 2.45) is 0 Å². The van der Waals surface area contributed by atoms with Crippen molar-refractivity contribution in [1.82, 2.24) is 9.97 Å². The van der Waals surface area contributed by atoms with Crippen LogP contribution < -0.4 is 5.32 Å². The Morgan fingerprint density at radius 2 is 2.00 bits per heavy atom. The average Bonchev–Trinajstić information content (AvgIpc) is 2.94. The van der Waals surface area contributed by atoms with E-state index < -0.39 is 0 Å². The molecule has 4 nitrogen and oxygen atoms in total. The highest BCUT2D eigenvalue weighted by Crippen LogP contribution is 2.24. The molecule has 0 saturated heterocycles. The largest absolute Gasteiger partial charge is 0.345 e. The van der Waals surface area contributed by atoms with Gasteiger partial charge in [0.2, 0.25) is 0 Å². The number of para-hydroxylation sites is 1. The molecule has 1 amide bonds. The van der Waals surface area contributed by atoms with Crippen molar-refractivity contribution in [2.45, 2.75) is 19.8 Å². The van der Waals surface area contributed by atoms with Gasteiger partial charge in [-0.15, -0.1) is 0 Å². The number of hydrogen-bond donors (Lipinski definition) is 2. The normalized spacial score (nSPS) is 11.0. The summed E-state index contributed by atoms with van der Waals surface area (Å²) in [6.07, 6.45) is 1.63. The van der Waals surface area contributed by atoms with Gasteiger partial charge >= 0.3 is 0 Å². The lowest BCUT2D eigenvalue weighted by molar-refractivity contribution is 0.102. The van der Waals surface area contributed by atoms with Crippen molar-refractivity contribution in [3.05, 3.63) is 59.9 Å². The van der Waals surface area contributed by atoms with Gasteiger partial charge in [0.25, 0.3) is 5.91 Å². The minimum absolute atomic E-state index is 0.111. The Labute approximate surface area is 123 Å². The highest BCUT2D eigenvalue weighted by molar-refractivity contribution is 6.06. The molecule has 0 spiro atoms. The molecule has 2 aromatic carbocycles. The lowest BCUT2D eigenvalue weighted by Gasteiger charge is -2.13. The van der Waals surface area contributed by atoms with Crippen LogP contribution in [0.15, 0.2) is 48.8 Å². The third-order valence-electron chi connectivity index (χ3n) is 3.51. The Balaban J connectivity index is 1.89. The molecule has 0 unspecified atom stereocenters. The summed E-state index contributed by atoms with van der Waals surface area (Å²) in [4.78, 5) is 19.6. The lowest BCUT2D eigenvalue weighted by atomic mass is 10.0. The minimum Gasteiger partial charge on any atom is -0.345 e. The maximum Gasteiger partial charge on any atom is 0.255 e. The molecule has 1 aromatic heterocycles. The number of aromatic amines is 1. The van der Waals surface area contributed by atoms with Crippen molar-refractivity contribution in [2.75, 3.05) is 5.32 Å². The number of imidazole rings is 1. The highest BCUT2D eigenvalue weighted by atomic mass is 16.1. The quantitative estimate of drug-likeness (QED) is 0.763. The van der Waals surface area contributed by atoms with Crippen LogP contribution in [-0.2, 0) is 0 Å². The number of rotatable bonds is 3. The van der Waals surface area contributed by atoms with Crippen LogP contribution in [0, 0.1) is 0 Å². The van der Waals surface area contributed by atoms with Crippen LogP contribution in [0.5, 0.6) is 0 Å². The van der Waals surface area contributed by atoms with Crippen LogP contribution in [0.1, 0.15) is 35.7 Å². The summed E-state index contributed by atoms with van der Waals surface area (Å²) >= 11 is 0. The predicted octanol–water partition coefficient (Wildman–Crippen LogP) is 3.94. The summed E-state index contributed by atoms with van der Waals surface area (Å²) in [7, 11) is 0. The standard InChI is InChI=1S/C17H17N3O/c1-11(2)13-5-3-4-6-14(13)20-17(21)12-7-8-15-16(9-12)19-10-18-15/h3-11H,1-2H3,(H,18,19)(H,20,21). The third kappa shape index (κ3) is 2.65. The topological polar surface area (TPSA) is 57.8 Å². The molecule has 0 bridgehead atoms. The summed E-state index contributed by atoms with van der Waals surface area (Å²) in [5.74, 6) is 0.246. The molecule has 21 heavy (non-hydrogen) atoms. The van der Waals surface area contributed by atoms with Gasteiger partial charge in [0.1, 0.15) is 0 Å². The van der Waals surface area contributed by atoms with Gasteiger partial charge in [-0.25, -0.2) is 4.98 Å². The number of fused-ring (bicyclic) bond motifs is 1. The van der Waals surface area contributed by atoms with Gasteiger partial charge in [0, 0.05) is 11.3 Å². The first kappa shape index (κ1) is 13.4. The molecular formula is C17H17N3O. The molecule has 2 N–H and O–H groups in total. The van der Waals surface area contributed by atoms with Crippen LogP contribution >= 0.6 is 0 Å². The second kappa shape index (κ2) is 5.40. The Bertz CT molecular complexity index is 789. The van der Waals surface area contributed by atoms with Crippen LogP contribution in [0.2, 0.25) is 0 Å². The lowest BCUT2D eigenvalue weighted by Crippen LogP contribution is -2.13. The van der Waals surface area contributed by atoms with Gasteiger partial charge in [-0.2, -0.15) is 0 Å². The van der Waals surface area contributed by atoms with Crippen molar-refractivity contribution in [3.8, 4) is 0 Å². The van der Waals surface area contributed by atoms with Gasteiger partial charge < -0.3 is 10.3 Å². The van der Waals surface area contributed by atoms with Gasteiger partial charge in [0.15, 0.2) is 0 Å². The van der Waals surface area contributed by atoms with Crippen LogP contribution in [0.4, 0.5) is 5.69 Å². The van der Waals surface area contributed by atoms with Gasteiger partial charge in [-0.1, -0.05) is 32.0 Å². The molecular weight excluding hydrogens is 262 g/mol. The molecule has 4 heteroatoms. The van der Waals surface area contributed by atoms with E-state index in [1.54, 1.807) is 12.4 Å². The van der Waals surface area contributed by atoms with E-state index >= 15 is 0 Å². The van der Waals surface area contributed by atoms with Gasteiger partial charge in [-0.05, 0) is 35.7 Å². The monoisotopic (exact) mass is 279 g/mol. The fourth-order valence-electron chi connectivity index (χ4n) is 2.39. The first-order valence-corrected chi connectivity index (χ1v) is 6.98. The maximum atomic E-state index is 12.4. The zero-order valence-corrected chi connectivity index (χ0v) is 12.1. The SMILES string of the molecule is CC(C)c1ccccc1NC(=O)c1ccc2nc[nH]c2c1. The molecule has 0 atom stereocenters. The summed E-state index contributed by atoms with van der Waals surface area (Å²) < 4.78 is 0. The van der Waals surface area contributed by atoms with E-state index in [4.69, 9.17) is 0 Å². The van der Waals surface area contributed by atoms with Crippen LogP contribution in [0.3, 0.4) is 0 Å². The first-order valence-electron chi connectivity index (χ1n) is 6.98. The number of anilines is 1. The number of benzene rings is 2. The summed E-state index contributed by atoms with van der Waals surface area (Å²) in [6, 6.07) is 13.3. The zero-order chi connectivity index (χ0) is 14.8. The zero-order valence-electron chi connectivity index (χ0n) is 12.1. The number of amides is 1.